The molecule has 0 saturated carbocycles. The minimum atomic E-state index is -1.11. The molecule has 1 aromatic heterocycles. The van der Waals surface area contributed by atoms with Crippen molar-refractivity contribution >= 4 is 46.6 Å². The number of amides is 1. The molecule has 0 spiro atoms. The van der Waals surface area contributed by atoms with E-state index in [2.05, 4.69) is 53.5 Å². The fourth-order valence-corrected chi connectivity index (χ4v) is 3.97. The molecule has 1 heterocycles. The highest BCUT2D eigenvalue weighted by Gasteiger charge is 2.18. The Bertz CT molecular complexity index is 1270. The van der Waals surface area contributed by atoms with Crippen molar-refractivity contribution in [2.75, 3.05) is 11.1 Å². The second-order valence-electron chi connectivity index (χ2n) is 9.13. The van der Waals surface area contributed by atoms with Crippen LogP contribution in [0.3, 0.4) is 0 Å². The van der Waals surface area contributed by atoms with Crippen LogP contribution in [0.5, 0.6) is 0 Å². The molecule has 0 bridgehead atoms. The predicted octanol–water partition coefficient (Wildman–Crippen LogP) is 5.12. The largest absolute Gasteiger partial charge is 0.378 e. The zero-order valence-electron chi connectivity index (χ0n) is 19.5. The summed E-state index contributed by atoms with van der Waals surface area (Å²) in [5.41, 5.74) is 1.67. The Morgan fingerprint density at radius 3 is 2.47 bits per heavy atom. The lowest BCUT2D eigenvalue weighted by Gasteiger charge is -2.20. The van der Waals surface area contributed by atoms with Crippen molar-refractivity contribution in [3.8, 4) is 17.5 Å². The molecule has 0 unspecified atom stereocenters. The Balaban J connectivity index is 1.67. The Hall–Kier alpha value is -2.57. The fraction of sp³-hybridized carbons (Fsp3) is 0.333. The molecule has 0 atom stereocenters. The highest BCUT2D eigenvalue weighted by Crippen LogP contribution is 2.30. The minimum absolute atomic E-state index is 0.0417. The summed E-state index contributed by atoms with van der Waals surface area (Å²) in [6.45, 7) is 9.52. The van der Waals surface area contributed by atoms with E-state index >= 15 is 0 Å². The van der Waals surface area contributed by atoms with Gasteiger partial charge in [0.1, 0.15) is 5.60 Å². The molecular weight excluding hydrogens is 493 g/mol. The van der Waals surface area contributed by atoms with Gasteiger partial charge in [0.2, 0.25) is 11.1 Å². The second kappa shape index (κ2) is 10.4. The first-order valence-corrected chi connectivity index (χ1v) is 12.1. The van der Waals surface area contributed by atoms with Crippen molar-refractivity contribution in [2.24, 2.45) is 0 Å². The van der Waals surface area contributed by atoms with E-state index in [1.54, 1.807) is 32.0 Å². The maximum absolute atomic E-state index is 12.5. The highest BCUT2D eigenvalue weighted by atomic mass is 35.5. The predicted molar refractivity (Wildman–Crippen MR) is 137 cm³/mol. The summed E-state index contributed by atoms with van der Waals surface area (Å²) in [6.07, 6.45) is 0. The van der Waals surface area contributed by atoms with Gasteiger partial charge in [0, 0.05) is 5.56 Å². The summed E-state index contributed by atoms with van der Waals surface area (Å²) < 4.78 is 1.51. The molecule has 178 valence electrons. The number of halogens is 2. The van der Waals surface area contributed by atoms with E-state index in [9.17, 15) is 9.90 Å². The summed E-state index contributed by atoms with van der Waals surface area (Å²) in [5.74, 6) is 5.36. The minimum Gasteiger partial charge on any atom is -0.378 e. The topological polar surface area (TPSA) is 92.9 Å². The molecule has 0 saturated heterocycles. The van der Waals surface area contributed by atoms with Crippen molar-refractivity contribution in [3.05, 3.63) is 57.6 Å². The summed E-state index contributed by atoms with van der Waals surface area (Å²) in [6, 6.07) is 10.8. The molecule has 0 fully saturated rings. The Morgan fingerprint density at radius 1 is 1.12 bits per heavy atom. The lowest BCUT2D eigenvalue weighted by molar-refractivity contribution is -0.113. The van der Waals surface area contributed by atoms with Crippen molar-refractivity contribution in [1.29, 1.82) is 0 Å². The van der Waals surface area contributed by atoms with E-state index in [-0.39, 0.29) is 17.1 Å². The number of carbonyl (C=O) groups is 1. The molecule has 34 heavy (non-hydrogen) atoms. The van der Waals surface area contributed by atoms with Crippen LogP contribution in [-0.2, 0) is 10.2 Å². The standard InChI is InChI=1S/C24H25Cl2N5O2S/c1-23(2,3)16-7-9-20(18(26)13-16)31-22(28-29-30-31)34-14-21(32)27-19-8-6-15(12-17(19)25)10-11-24(4,5)33/h6-9,12-13,33H,14H2,1-5H3,(H,27,32). The first-order valence-electron chi connectivity index (χ1n) is 10.4. The molecule has 0 radical (unpaired) electrons. The average Bonchev–Trinajstić information content (AvgIpc) is 3.19. The molecule has 0 aliphatic heterocycles. The monoisotopic (exact) mass is 517 g/mol. The number of rotatable bonds is 5. The molecular formula is C24H25Cl2N5O2S. The smallest absolute Gasteiger partial charge is 0.234 e. The van der Waals surface area contributed by atoms with Gasteiger partial charge in [-0.1, -0.05) is 73.6 Å². The van der Waals surface area contributed by atoms with Gasteiger partial charge in [-0.3, -0.25) is 4.79 Å². The van der Waals surface area contributed by atoms with Gasteiger partial charge in [0.15, 0.2) is 0 Å². The van der Waals surface area contributed by atoms with Crippen LogP contribution in [0.2, 0.25) is 10.0 Å². The van der Waals surface area contributed by atoms with Gasteiger partial charge in [0.25, 0.3) is 0 Å². The van der Waals surface area contributed by atoms with E-state index in [4.69, 9.17) is 23.2 Å². The van der Waals surface area contributed by atoms with Crippen LogP contribution in [0.15, 0.2) is 41.6 Å². The van der Waals surface area contributed by atoms with Crippen molar-refractivity contribution in [1.82, 2.24) is 20.2 Å². The third kappa shape index (κ3) is 6.97. The number of aliphatic hydroxyl groups is 1. The van der Waals surface area contributed by atoms with E-state index in [1.165, 1.54) is 16.4 Å². The molecule has 3 rings (SSSR count). The Morgan fingerprint density at radius 2 is 1.85 bits per heavy atom. The molecule has 2 aromatic carbocycles. The van der Waals surface area contributed by atoms with Gasteiger partial charge < -0.3 is 10.4 Å². The zero-order valence-corrected chi connectivity index (χ0v) is 21.8. The van der Waals surface area contributed by atoms with Crippen molar-refractivity contribution in [2.45, 2.75) is 50.8 Å². The molecule has 0 aliphatic rings. The van der Waals surface area contributed by atoms with Gasteiger partial charge in [-0.05, 0) is 65.6 Å². The van der Waals surface area contributed by atoms with Gasteiger partial charge in [0.05, 0.1) is 27.2 Å². The molecule has 0 aliphatic carbocycles. The maximum atomic E-state index is 12.5. The summed E-state index contributed by atoms with van der Waals surface area (Å²) in [4.78, 5) is 12.5. The van der Waals surface area contributed by atoms with Gasteiger partial charge in [-0.15, -0.1) is 5.10 Å². The van der Waals surface area contributed by atoms with Crippen molar-refractivity contribution in [3.63, 3.8) is 0 Å². The number of carbonyl (C=O) groups excluding carboxylic acids is 1. The van der Waals surface area contributed by atoms with Crippen LogP contribution in [0.4, 0.5) is 5.69 Å². The van der Waals surface area contributed by atoms with Crippen molar-refractivity contribution < 1.29 is 9.90 Å². The number of nitrogens with one attached hydrogen (secondary N) is 1. The normalized spacial score (nSPS) is 11.6. The van der Waals surface area contributed by atoms with Gasteiger partial charge >= 0.3 is 0 Å². The van der Waals surface area contributed by atoms with E-state index < -0.39 is 5.60 Å². The van der Waals surface area contributed by atoms with Crippen LogP contribution in [0.25, 0.3) is 5.69 Å². The molecule has 10 heteroatoms. The van der Waals surface area contributed by atoms with E-state index in [1.807, 2.05) is 18.2 Å². The zero-order chi connectivity index (χ0) is 25.1. The second-order valence-corrected chi connectivity index (χ2v) is 10.9. The number of thioether (sulfide) groups is 1. The summed E-state index contributed by atoms with van der Waals surface area (Å²) in [7, 11) is 0. The lowest BCUT2D eigenvalue weighted by Crippen LogP contribution is -2.15. The number of hydrogen-bond donors (Lipinski definition) is 2. The maximum Gasteiger partial charge on any atom is 0.234 e. The van der Waals surface area contributed by atoms with Crippen LogP contribution < -0.4 is 5.32 Å². The van der Waals surface area contributed by atoms with Crippen LogP contribution in [0.1, 0.15) is 45.7 Å². The Labute approximate surface area is 213 Å². The molecule has 2 N–H and O–H groups in total. The quantitative estimate of drug-likeness (QED) is 0.360. The SMILES string of the molecule is CC(C)(O)C#Cc1ccc(NC(=O)CSc2nnnn2-c2ccc(C(C)(C)C)cc2Cl)c(Cl)c1. The van der Waals surface area contributed by atoms with Crippen LogP contribution in [-0.4, -0.2) is 42.6 Å². The first kappa shape index (κ1) is 26.0. The van der Waals surface area contributed by atoms with Crippen LogP contribution in [0, 0.1) is 11.8 Å². The number of benzene rings is 2. The van der Waals surface area contributed by atoms with Crippen LogP contribution >= 0.6 is 35.0 Å². The van der Waals surface area contributed by atoms with Gasteiger partial charge in [-0.25, -0.2) is 0 Å². The fourth-order valence-electron chi connectivity index (χ4n) is 2.80. The highest BCUT2D eigenvalue weighted by molar-refractivity contribution is 7.99. The van der Waals surface area contributed by atoms with Gasteiger partial charge in [-0.2, -0.15) is 4.68 Å². The molecule has 1 amide bonds. The number of hydrogen-bond acceptors (Lipinski definition) is 6. The number of tetrazole rings is 1. The number of anilines is 1. The summed E-state index contributed by atoms with van der Waals surface area (Å²) >= 11 is 14.0. The third-order valence-electron chi connectivity index (χ3n) is 4.57. The van der Waals surface area contributed by atoms with E-state index in [0.717, 1.165) is 5.56 Å². The lowest BCUT2D eigenvalue weighted by atomic mass is 9.87. The average molecular weight is 518 g/mol. The number of aromatic nitrogens is 4. The number of nitrogens with zero attached hydrogens (tertiary/aromatic N) is 4. The summed E-state index contributed by atoms with van der Waals surface area (Å²) in [5, 5.41) is 25.6. The third-order valence-corrected chi connectivity index (χ3v) is 6.11. The van der Waals surface area contributed by atoms with E-state index in [0.29, 0.717) is 32.1 Å². The Kier molecular flexibility index (Phi) is 7.94. The molecule has 7 nitrogen and oxygen atoms in total. The first-order chi connectivity index (χ1) is 15.8. The molecule has 3 aromatic rings.